The van der Waals surface area contributed by atoms with Crippen molar-refractivity contribution in [3.63, 3.8) is 0 Å². The van der Waals surface area contributed by atoms with Crippen molar-refractivity contribution in [1.82, 2.24) is 20.3 Å². The smallest absolute Gasteiger partial charge is 0.273 e. The van der Waals surface area contributed by atoms with Crippen LogP contribution in [0.3, 0.4) is 0 Å². The van der Waals surface area contributed by atoms with Gasteiger partial charge in [0.15, 0.2) is 5.69 Å². The molecule has 0 saturated carbocycles. The Labute approximate surface area is 127 Å². The molecule has 1 amide bonds. The number of nitrogens with zero attached hydrogens (tertiary/aromatic N) is 3. The third kappa shape index (κ3) is 4.27. The Hall–Kier alpha value is -1.92. The Balaban J connectivity index is 2.04. The number of hydrogen-bond acceptors (Lipinski definition) is 4. The maximum absolute atomic E-state index is 12.0. The molecule has 0 radical (unpaired) electrons. The first kappa shape index (κ1) is 15.5. The van der Waals surface area contributed by atoms with E-state index < -0.39 is 0 Å². The molecule has 1 unspecified atom stereocenters. The third-order valence-corrected chi connectivity index (χ3v) is 3.17. The number of aliphatic hydroxyl groups excluding tert-OH is 1. The monoisotopic (exact) mass is 308 g/mol. The Bertz CT molecular complexity index is 615. The van der Waals surface area contributed by atoms with Gasteiger partial charge in [-0.3, -0.25) is 4.79 Å². The van der Waals surface area contributed by atoms with Gasteiger partial charge in [0.2, 0.25) is 0 Å². The van der Waals surface area contributed by atoms with Crippen molar-refractivity contribution in [2.45, 2.75) is 25.8 Å². The minimum Gasteiger partial charge on any atom is -0.396 e. The summed E-state index contributed by atoms with van der Waals surface area (Å²) in [4.78, 5) is 13.4. The molecule has 0 aliphatic rings. The Morgan fingerprint density at radius 1 is 1.52 bits per heavy atom. The van der Waals surface area contributed by atoms with Crippen LogP contribution in [0.1, 0.15) is 30.3 Å². The van der Waals surface area contributed by atoms with Crippen molar-refractivity contribution < 1.29 is 9.90 Å². The summed E-state index contributed by atoms with van der Waals surface area (Å²) >= 11 is 5.91. The number of amides is 1. The molecule has 0 spiro atoms. The highest BCUT2D eigenvalue weighted by molar-refractivity contribution is 6.30. The fourth-order valence-electron chi connectivity index (χ4n) is 1.86. The van der Waals surface area contributed by atoms with Crippen molar-refractivity contribution in [2.24, 2.45) is 0 Å². The van der Waals surface area contributed by atoms with E-state index in [0.29, 0.717) is 23.6 Å². The SMILES string of the molecule is CC(CCCO)NC(=O)c1cnn(-c2cccc(Cl)c2)n1. The zero-order valence-electron chi connectivity index (χ0n) is 11.7. The summed E-state index contributed by atoms with van der Waals surface area (Å²) in [6.07, 6.45) is 2.77. The van der Waals surface area contributed by atoms with Crippen molar-refractivity contribution in [2.75, 3.05) is 6.61 Å². The molecule has 0 bridgehead atoms. The van der Waals surface area contributed by atoms with E-state index in [9.17, 15) is 4.79 Å². The van der Waals surface area contributed by atoms with Crippen LogP contribution in [0.25, 0.3) is 5.69 Å². The molecule has 2 rings (SSSR count). The number of aliphatic hydroxyl groups is 1. The average molecular weight is 309 g/mol. The highest BCUT2D eigenvalue weighted by Crippen LogP contribution is 2.13. The quantitative estimate of drug-likeness (QED) is 0.853. The summed E-state index contributed by atoms with van der Waals surface area (Å²) in [5.41, 5.74) is 0.931. The molecule has 21 heavy (non-hydrogen) atoms. The van der Waals surface area contributed by atoms with E-state index in [1.807, 2.05) is 6.92 Å². The summed E-state index contributed by atoms with van der Waals surface area (Å²) in [6, 6.07) is 7.04. The Morgan fingerprint density at radius 3 is 3.05 bits per heavy atom. The number of hydrogen-bond donors (Lipinski definition) is 2. The summed E-state index contributed by atoms with van der Waals surface area (Å²) in [5.74, 6) is -0.284. The highest BCUT2D eigenvalue weighted by Gasteiger charge is 2.14. The maximum atomic E-state index is 12.0. The predicted octanol–water partition coefficient (Wildman–Crippen LogP) is 1.81. The van der Waals surface area contributed by atoms with Crippen LogP contribution in [0, 0.1) is 0 Å². The number of benzene rings is 1. The number of nitrogens with one attached hydrogen (secondary N) is 1. The fourth-order valence-corrected chi connectivity index (χ4v) is 2.04. The lowest BCUT2D eigenvalue weighted by Gasteiger charge is -2.11. The van der Waals surface area contributed by atoms with Gasteiger partial charge >= 0.3 is 0 Å². The van der Waals surface area contributed by atoms with E-state index in [0.717, 1.165) is 0 Å². The van der Waals surface area contributed by atoms with Crippen LogP contribution in [0.4, 0.5) is 0 Å². The van der Waals surface area contributed by atoms with Crippen LogP contribution in [0.5, 0.6) is 0 Å². The van der Waals surface area contributed by atoms with Crippen LogP contribution in [0.2, 0.25) is 5.02 Å². The first-order chi connectivity index (χ1) is 10.1. The van der Waals surface area contributed by atoms with Gasteiger partial charge in [-0.1, -0.05) is 17.7 Å². The first-order valence-electron chi connectivity index (χ1n) is 6.70. The molecule has 0 aliphatic carbocycles. The zero-order chi connectivity index (χ0) is 15.2. The molecule has 6 nitrogen and oxygen atoms in total. The number of aromatic nitrogens is 3. The second kappa shape index (κ2) is 7.19. The maximum Gasteiger partial charge on any atom is 0.273 e. The van der Waals surface area contributed by atoms with Gasteiger partial charge < -0.3 is 10.4 Å². The minimum absolute atomic E-state index is 0.0269. The van der Waals surface area contributed by atoms with Crippen LogP contribution in [-0.4, -0.2) is 38.7 Å². The molecular formula is C14H17ClN4O2. The van der Waals surface area contributed by atoms with Crippen molar-refractivity contribution in [3.05, 3.63) is 41.2 Å². The van der Waals surface area contributed by atoms with E-state index in [4.69, 9.17) is 16.7 Å². The normalized spacial score (nSPS) is 12.1. The first-order valence-corrected chi connectivity index (χ1v) is 7.08. The predicted molar refractivity (Wildman–Crippen MR) is 79.6 cm³/mol. The molecule has 0 saturated heterocycles. The summed E-state index contributed by atoms with van der Waals surface area (Å²) in [6.45, 7) is 2.00. The van der Waals surface area contributed by atoms with Crippen molar-refractivity contribution in [1.29, 1.82) is 0 Å². The molecule has 1 aromatic heterocycles. The van der Waals surface area contributed by atoms with E-state index in [-0.39, 0.29) is 24.2 Å². The molecule has 1 aromatic carbocycles. The zero-order valence-corrected chi connectivity index (χ0v) is 12.4. The Morgan fingerprint density at radius 2 is 2.33 bits per heavy atom. The van der Waals surface area contributed by atoms with Crippen LogP contribution < -0.4 is 5.32 Å². The van der Waals surface area contributed by atoms with Gasteiger partial charge in [-0.25, -0.2) is 0 Å². The molecule has 2 N–H and O–H groups in total. The molecule has 1 atom stereocenters. The number of carbonyl (C=O) groups is 1. The van der Waals surface area contributed by atoms with Gasteiger partial charge in [-0.05, 0) is 38.0 Å². The number of halogens is 1. The molecule has 1 heterocycles. The number of carbonyl (C=O) groups excluding carboxylic acids is 1. The van der Waals surface area contributed by atoms with Crippen molar-refractivity contribution in [3.8, 4) is 5.69 Å². The molecular weight excluding hydrogens is 292 g/mol. The lowest BCUT2D eigenvalue weighted by atomic mass is 10.2. The second-order valence-electron chi connectivity index (χ2n) is 4.74. The highest BCUT2D eigenvalue weighted by atomic mass is 35.5. The standard InChI is InChI=1S/C14H17ClN4O2/c1-10(4-3-7-20)17-14(21)13-9-16-19(18-13)12-6-2-5-11(15)8-12/h2,5-6,8-10,20H,3-4,7H2,1H3,(H,17,21). The van der Waals surface area contributed by atoms with E-state index >= 15 is 0 Å². The van der Waals surface area contributed by atoms with Gasteiger partial charge in [0.05, 0.1) is 11.9 Å². The number of rotatable bonds is 6. The largest absolute Gasteiger partial charge is 0.396 e. The van der Waals surface area contributed by atoms with Gasteiger partial charge in [-0.15, -0.1) is 5.10 Å². The van der Waals surface area contributed by atoms with Gasteiger partial charge in [-0.2, -0.15) is 9.90 Å². The lowest BCUT2D eigenvalue weighted by molar-refractivity contribution is 0.0931. The summed E-state index contributed by atoms with van der Waals surface area (Å²) in [7, 11) is 0. The summed E-state index contributed by atoms with van der Waals surface area (Å²) in [5, 5.41) is 20.4. The topological polar surface area (TPSA) is 80.0 Å². The van der Waals surface area contributed by atoms with E-state index in [1.54, 1.807) is 24.3 Å². The molecule has 0 fully saturated rings. The lowest BCUT2D eigenvalue weighted by Crippen LogP contribution is -2.33. The molecule has 7 heteroatoms. The van der Waals surface area contributed by atoms with Crippen LogP contribution >= 0.6 is 11.6 Å². The fraction of sp³-hybridized carbons (Fsp3) is 0.357. The van der Waals surface area contributed by atoms with Crippen molar-refractivity contribution >= 4 is 17.5 Å². The van der Waals surface area contributed by atoms with Gasteiger partial charge in [0.1, 0.15) is 0 Å². The van der Waals surface area contributed by atoms with Crippen LogP contribution in [-0.2, 0) is 0 Å². The minimum atomic E-state index is -0.284. The van der Waals surface area contributed by atoms with Gasteiger partial charge in [0, 0.05) is 17.7 Å². The van der Waals surface area contributed by atoms with Crippen LogP contribution in [0.15, 0.2) is 30.5 Å². The van der Waals surface area contributed by atoms with Gasteiger partial charge in [0.25, 0.3) is 5.91 Å². The molecule has 112 valence electrons. The molecule has 2 aromatic rings. The van der Waals surface area contributed by atoms with E-state index in [1.165, 1.54) is 11.0 Å². The average Bonchev–Trinajstić information content (AvgIpc) is 2.95. The third-order valence-electron chi connectivity index (χ3n) is 2.94. The Kier molecular flexibility index (Phi) is 5.30. The van der Waals surface area contributed by atoms with E-state index in [2.05, 4.69) is 15.5 Å². The molecule has 0 aliphatic heterocycles. The summed E-state index contributed by atoms with van der Waals surface area (Å²) < 4.78 is 0. The second-order valence-corrected chi connectivity index (χ2v) is 5.18.